The van der Waals surface area contributed by atoms with Crippen LogP contribution in [-0.4, -0.2) is 26.1 Å². The normalized spacial score (nSPS) is 10.6. The summed E-state index contributed by atoms with van der Waals surface area (Å²) in [7, 11) is 0. The Morgan fingerprint density at radius 3 is 2.62 bits per heavy atom. The summed E-state index contributed by atoms with van der Waals surface area (Å²) < 4.78 is 0.821. The zero-order chi connectivity index (χ0) is 16.9. The van der Waals surface area contributed by atoms with Crippen molar-refractivity contribution in [2.45, 2.75) is 19.9 Å². The molecule has 1 amide bonds. The molecule has 3 rings (SSSR count). The van der Waals surface area contributed by atoms with E-state index in [1.807, 2.05) is 48.5 Å². The molecule has 0 atom stereocenters. The highest BCUT2D eigenvalue weighted by Crippen LogP contribution is 2.21. The average molecular weight is 386 g/mol. The second kappa shape index (κ2) is 7.35. The van der Waals surface area contributed by atoms with Gasteiger partial charge in [0.15, 0.2) is 0 Å². The van der Waals surface area contributed by atoms with Gasteiger partial charge in [-0.1, -0.05) is 43.3 Å². The molecule has 0 radical (unpaired) electrons. The molecule has 122 valence electrons. The summed E-state index contributed by atoms with van der Waals surface area (Å²) in [5.74, 6) is 0.290. The van der Waals surface area contributed by atoms with Gasteiger partial charge in [-0.25, -0.2) is 0 Å². The maximum atomic E-state index is 12.1. The SMILES string of the molecule is CCc1ccc(-c2nnn(CC(=O)Nc3ccccc3Br)n2)cc1. The number of tetrazole rings is 1. The molecular weight excluding hydrogens is 370 g/mol. The van der Waals surface area contributed by atoms with Crippen molar-refractivity contribution < 1.29 is 4.79 Å². The fourth-order valence-electron chi connectivity index (χ4n) is 2.20. The standard InChI is InChI=1S/C17H16BrN5O/c1-2-12-7-9-13(10-8-12)17-20-22-23(21-17)11-16(24)19-15-6-4-3-5-14(15)18/h3-10H,2,11H2,1H3,(H,19,24). The third kappa shape index (κ3) is 3.86. The van der Waals surface area contributed by atoms with Crippen molar-refractivity contribution in [1.29, 1.82) is 0 Å². The third-order valence-corrected chi connectivity index (χ3v) is 4.20. The molecule has 0 aliphatic heterocycles. The van der Waals surface area contributed by atoms with Crippen molar-refractivity contribution in [3.63, 3.8) is 0 Å². The van der Waals surface area contributed by atoms with Gasteiger partial charge in [0, 0.05) is 10.0 Å². The number of halogens is 1. The van der Waals surface area contributed by atoms with Gasteiger partial charge in [-0.05, 0) is 45.3 Å². The Bertz CT molecular complexity index is 844. The largest absolute Gasteiger partial charge is 0.323 e. The average Bonchev–Trinajstić information content (AvgIpc) is 3.05. The summed E-state index contributed by atoms with van der Waals surface area (Å²) in [4.78, 5) is 13.4. The summed E-state index contributed by atoms with van der Waals surface area (Å²) in [5, 5.41) is 15.0. The van der Waals surface area contributed by atoms with Crippen LogP contribution in [0.2, 0.25) is 0 Å². The molecule has 1 N–H and O–H groups in total. The zero-order valence-corrected chi connectivity index (χ0v) is 14.7. The highest BCUT2D eigenvalue weighted by atomic mass is 79.9. The Balaban J connectivity index is 1.67. The number of aromatic nitrogens is 4. The number of nitrogens with zero attached hydrogens (tertiary/aromatic N) is 4. The predicted octanol–water partition coefficient (Wildman–Crippen LogP) is 3.30. The van der Waals surface area contributed by atoms with Crippen LogP contribution in [0.5, 0.6) is 0 Å². The highest BCUT2D eigenvalue weighted by molar-refractivity contribution is 9.10. The summed E-state index contributed by atoms with van der Waals surface area (Å²) in [6, 6.07) is 15.4. The van der Waals surface area contributed by atoms with Crippen molar-refractivity contribution in [3.8, 4) is 11.4 Å². The molecule has 0 aliphatic rings. The molecular formula is C17H16BrN5O. The van der Waals surface area contributed by atoms with Crippen molar-refractivity contribution >= 4 is 27.5 Å². The molecule has 0 bridgehead atoms. The van der Waals surface area contributed by atoms with Crippen LogP contribution in [0.4, 0.5) is 5.69 Å². The van der Waals surface area contributed by atoms with Gasteiger partial charge >= 0.3 is 0 Å². The minimum absolute atomic E-state index is 0.00137. The molecule has 0 spiro atoms. The Morgan fingerprint density at radius 1 is 1.17 bits per heavy atom. The van der Waals surface area contributed by atoms with Gasteiger partial charge in [-0.15, -0.1) is 10.2 Å². The van der Waals surface area contributed by atoms with Gasteiger partial charge in [-0.2, -0.15) is 4.80 Å². The fraction of sp³-hybridized carbons (Fsp3) is 0.176. The number of hydrogen-bond donors (Lipinski definition) is 1. The van der Waals surface area contributed by atoms with Gasteiger partial charge in [-0.3, -0.25) is 4.79 Å². The molecule has 0 unspecified atom stereocenters. The first-order valence-electron chi connectivity index (χ1n) is 7.57. The van der Waals surface area contributed by atoms with Crippen LogP contribution in [0.15, 0.2) is 53.0 Å². The van der Waals surface area contributed by atoms with E-state index in [1.54, 1.807) is 0 Å². The van der Waals surface area contributed by atoms with Gasteiger partial charge in [0.25, 0.3) is 0 Å². The quantitative estimate of drug-likeness (QED) is 0.730. The van der Waals surface area contributed by atoms with Crippen molar-refractivity contribution in [3.05, 3.63) is 58.6 Å². The lowest BCUT2D eigenvalue weighted by atomic mass is 10.1. The maximum Gasteiger partial charge on any atom is 0.248 e. The van der Waals surface area contributed by atoms with Crippen LogP contribution in [-0.2, 0) is 17.8 Å². The van der Waals surface area contributed by atoms with Crippen LogP contribution >= 0.6 is 15.9 Å². The zero-order valence-electron chi connectivity index (χ0n) is 13.1. The van der Waals surface area contributed by atoms with Gasteiger partial charge in [0.2, 0.25) is 11.7 Å². The van der Waals surface area contributed by atoms with Crippen LogP contribution in [0.25, 0.3) is 11.4 Å². The van der Waals surface area contributed by atoms with E-state index in [4.69, 9.17) is 0 Å². The summed E-state index contributed by atoms with van der Waals surface area (Å²) in [5.41, 5.74) is 2.83. The van der Waals surface area contributed by atoms with E-state index in [0.29, 0.717) is 11.5 Å². The predicted molar refractivity (Wildman–Crippen MR) is 95.4 cm³/mol. The first kappa shape index (κ1) is 16.3. The Kier molecular flexibility index (Phi) is 5.00. The van der Waals surface area contributed by atoms with Crippen LogP contribution in [0.3, 0.4) is 0 Å². The Morgan fingerprint density at radius 2 is 1.92 bits per heavy atom. The van der Waals surface area contributed by atoms with E-state index in [0.717, 1.165) is 16.5 Å². The second-order valence-electron chi connectivity index (χ2n) is 5.22. The minimum Gasteiger partial charge on any atom is -0.323 e. The smallest absolute Gasteiger partial charge is 0.248 e. The summed E-state index contributed by atoms with van der Waals surface area (Å²) in [6.07, 6.45) is 0.982. The second-order valence-corrected chi connectivity index (χ2v) is 6.08. The molecule has 0 fully saturated rings. The number of carbonyl (C=O) groups excluding carboxylic acids is 1. The van der Waals surface area contributed by atoms with Gasteiger partial charge in [0.05, 0.1) is 5.69 Å². The molecule has 7 heteroatoms. The van der Waals surface area contributed by atoms with Gasteiger partial charge in [0.1, 0.15) is 6.54 Å². The molecule has 0 aliphatic carbocycles. The molecule has 0 saturated carbocycles. The maximum absolute atomic E-state index is 12.1. The molecule has 6 nitrogen and oxygen atoms in total. The van der Waals surface area contributed by atoms with E-state index >= 15 is 0 Å². The number of aryl methyl sites for hydroxylation is 1. The lowest BCUT2D eigenvalue weighted by Crippen LogP contribution is -2.20. The fourth-order valence-corrected chi connectivity index (χ4v) is 2.58. The molecule has 24 heavy (non-hydrogen) atoms. The first-order valence-corrected chi connectivity index (χ1v) is 8.36. The highest BCUT2D eigenvalue weighted by Gasteiger charge is 2.10. The van der Waals surface area contributed by atoms with E-state index in [1.165, 1.54) is 10.4 Å². The van der Waals surface area contributed by atoms with Crippen LogP contribution in [0.1, 0.15) is 12.5 Å². The lowest BCUT2D eigenvalue weighted by molar-refractivity contribution is -0.117. The molecule has 0 saturated heterocycles. The lowest BCUT2D eigenvalue weighted by Gasteiger charge is -2.06. The number of anilines is 1. The molecule has 1 aromatic heterocycles. The number of carbonyl (C=O) groups is 1. The number of benzene rings is 2. The van der Waals surface area contributed by atoms with E-state index in [9.17, 15) is 4.79 Å². The monoisotopic (exact) mass is 385 g/mol. The van der Waals surface area contributed by atoms with E-state index in [2.05, 4.69) is 43.6 Å². The Labute approximate surface area is 148 Å². The first-order chi connectivity index (χ1) is 11.7. The van der Waals surface area contributed by atoms with Gasteiger partial charge < -0.3 is 5.32 Å². The topological polar surface area (TPSA) is 72.7 Å². The van der Waals surface area contributed by atoms with Crippen LogP contribution < -0.4 is 5.32 Å². The third-order valence-electron chi connectivity index (χ3n) is 3.51. The van der Waals surface area contributed by atoms with Crippen molar-refractivity contribution in [2.24, 2.45) is 0 Å². The molecule has 2 aromatic carbocycles. The van der Waals surface area contributed by atoms with E-state index in [-0.39, 0.29) is 12.5 Å². The molecule has 3 aromatic rings. The number of amides is 1. The Hall–Kier alpha value is -2.54. The summed E-state index contributed by atoms with van der Waals surface area (Å²) >= 11 is 3.39. The van der Waals surface area contributed by atoms with Crippen molar-refractivity contribution in [2.75, 3.05) is 5.32 Å². The number of nitrogens with one attached hydrogen (secondary N) is 1. The number of rotatable bonds is 5. The minimum atomic E-state index is -0.216. The van der Waals surface area contributed by atoms with Crippen LogP contribution in [0, 0.1) is 0 Å². The summed E-state index contributed by atoms with van der Waals surface area (Å²) in [6.45, 7) is 2.11. The number of para-hydroxylation sites is 1. The number of hydrogen-bond acceptors (Lipinski definition) is 4. The molecule has 1 heterocycles. The van der Waals surface area contributed by atoms with E-state index < -0.39 is 0 Å². The van der Waals surface area contributed by atoms with Crippen molar-refractivity contribution in [1.82, 2.24) is 20.2 Å².